The minimum absolute atomic E-state index is 0.245. The van der Waals surface area contributed by atoms with Crippen LogP contribution in [0.2, 0.25) is 0 Å². The van der Waals surface area contributed by atoms with E-state index in [1.54, 1.807) is 12.1 Å². The van der Waals surface area contributed by atoms with Gasteiger partial charge in [0.25, 0.3) is 0 Å². The Morgan fingerprint density at radius 3 is 2.38 bits per heavy atom. The number of halogens is 1. The zero-order chi connectivity index (χ0) is 19.8. The highest BCUT2D eigenvalue weighted by molar-refractivity contribution is 7.71. The van der Waals surface area contributed by atoms with Gasteiger partial charge < -0.3 is 9.80 Å². The SMILES string of the molecule is Fc1ccccc1-c1nn(C[NH+]2CCN(c3ccccc3)CC2)c(=S)n1C1CC1. The van der Waals surface area contributed by atoms with Crippen LogP contribution in [0.3, 0.4) is 0 Å². The number of benzene rings is 2. The van der Waals surface area contributed by atoms with E-state index in [2.05, 4.69) is 39.8 Å². The van der Waals surface area contributed by atoms with E-state index in [-0.39, 0.29) is 5.82 Å². The van der Waals surface area contributed by atoms with E-state index in [0.717, 1.165) is 45.7 Å². The number of piperazine rings is 1. The molecule has 29 heavy (non-hydrogen) atoms. The van der Waals surface area contributed by atoms with Crippen LogP contribution in [0.1, 0.15) is 18.9 Å². The lowest BCUT2D eigenvalue weighted by molar-refractivity contribution is -0.924. The van der Waals surface area contributed by atoms with E-state index in [4.69, 9.17) is 17.3 Å². The maximum absolute atomic E-state index is 14.4. The molecule has 2 heterocycles. The molecule has 150 valence electrons. The van der Waals surface area contributed by atoms with Crippen molar-refractivity contribution in [3.05, 3.63) is 65.2 Å². The number of rotatable bonds is 5. The fraction of sp³-hybridized carbons (Fsp3) is 0.364. The van der Waals surface area contributed by atoms with Gasteiger partial charge in [-0.2, -0.15) is 4.68 Å². The third-order valence-electron chi connectivity index (χ3n) is 5.86. The Labute approximate surface area is 175 Å². The van der Waals surface area contributed by atoms with Gasteiger partial charge in [-0.3, -0.25) is 4.57 Å². The lowest BCUT2D eigenvalue weighted by atomic mass is 10.2. The number of para-hydroxylation sites is 1. The summed E-state index contributed by atoms with van der Waals surface area (Å²) in [5, 5.41) is 4.77. The summed E-state index contributed by atoms with van der Waals surface area (Å²) >= 11 is 5.76. The van der Waals surface area contributed by atoms with Crippen molar-refractivity contribution in [2.45, 2.75) is 25.6 Å². The van der Waals surface area contributed by atoms with E-state index in [1.165, 1.54) is 16.7 Å². The molecule has 0 bridgehead atoms. The topological polar surface area (TPSA) is 30.4 Å². The minimum Gasteiger partial charge on any atom is -0.360 e. The first-order chi connectivity index (χ1) is 14.2. The van der Waals surface area contributed by atoms with Crippen LogP contribution in [0.4, 0.5) is 10.1 Å². The largest absolute Gasteiger partial charge is 0.360 e. The van der Waals surface area contributed by atoms with Crippen molar-refractivity contribution < 1.29 is 9.29 Å². The summed E-state index contributed by atoms with van der Waals surface area (Å²) in [6.45, 7) is 4.80. The highest BCUT2D eigenvalue weighted by Crippen LogP contribution is 2.38. The highest BCUT2D eigenvalue weighted by Gasteiger charge is 2.31. The van der Waals surface area contributed by atoms with Crippen LogP contribution >= 0.6 is 12.2 Å². The summed E-state index contributed by atoms with van der Waals surface area (Å²) in [6, 6.07) is 17.8. The van der Waals surface area contributed by atoms with Crippen molar-refractivity contribution in [1.29, 1.82) is 0 Å². The van der Waals surface area contributed by atoms with Crippen molar-refractivity contribution in [3.63, 3.8) is 0 Å². The molecular weight excluding hydrogens is 385 g/mol. The number of nitrogens with one attached hydrogen (secondary N) is 1. The maximum Gasteiger partial charge on any atom is 0.203 e. The quantitative estimate of drug-likeness (QED) is 0.656. The number of hydrogen-bond donors (Lipinski definition) is 1. The maximum atomic E-state index is 14.4. The zero-order valence-electron chi connectivity index (χ0n) is 16.3. The van der Waals surface area contributed by atoms with Crippen molar-refractivity contribution >= 4 is 17.9 Å². The molecule has 5 nitrogen and oxygen atoms in total. The molecule has 1 N–H and O–H groups in total. The van der Waals surface area contributed by atoms with Gasteiger partial charge in [0.1, 0.15) is 5.82 Å². The van der Waals surface area contributed by atoms with Crippen molar-refractivity contribution in [2.75, 3.05) is 31.1 Å². The number of quaternary nitrogens is 1. The summed E-state index contributed by atoms with van der Waals surface area (Å²) in [5.41, 5.74) is 1.82. The third-order valence-corrected chi connectivity index (χ3v) is 6.27. The van der Waals surface area contributed by atoms with E-state index in [1.807, 2.05) is 10.7 Å². The molecule has 0 unspecified atom stereocenters. The van der Waals surface area contributed by atoms with Crippen LogP contribution in [0, 0.1) is 10.6 Å². The number of aromatic nitrogens is 3. The fourth-order valence-corrected chi connectivity index (χ4v) is 4.44. The fourth-order valence-electron chi connectivity index (χ4n) is 4.10. The molecule has 3 aromatic rings. The van der Waals surface area contributed by atoms with Crippen LogP contribution in [0.5, 0.6) is 0 Å². The number of anilines is 1. The molecule has 0 atom stereocenters. The second kappa shape index (κ2) is 7.72. The monoisotopic (exact) mass is 410 g/mol. The van der Waals surface area contributed by atoms with E-state index in [0.29, 0.717) is 22.2 Å². The Hall–Kier alpha value is -2.51. The van der Waals surface area contributed by atoms with Crippen LogP contribution in [0.15, 0.2) is 54.6 Å². The number of hydrogen-bond acceptors (Lipinski definition) is 3. The van der Waals surface area contributed by atoms with Gasteiger partial charge in [0, 0.05) is 11.7 Å². The van der Waals surface area contributed by atoms with Gasteiger partial charge in [0.2, 0.25) is 4.77 Å². The molecule has 0 radical (unpaired) electrons. The number of nitrogens with zero attached hydrogens (tertiary/aromatic N) is 4. The van der Waals surface area contributed by atoms with Gasteiger partial charge in [-0.1, -0.05) is 30.3 Å². The minimum atomic E-state index is -0.245. The molecule has 5 rings (SSSR count). The molecular formula is C22H25FN5S+. The average Bonchev–Trinajstić information content (AvgIpc) is 3.54. The molecule has 1 saturated carbocycles. The van der Waals surface area contributed by atoms with Crippen molar-refractivity contribution in [2.24, 2.45) is 0 Å². The Balaban J connectivity index is 1.35. The molecule has 2 aromatic carbocycles. The first kappa shape index (κ1) is 18.5. The van der Waals surface area contributed by atoms with Gasteiger partial charge in [0.05, 0.1) is 31.7 Å². The van der Waals surface area contributed by atoms with Crippen molar-refractivity contribution in [3.8, 4) is 11.4 Å². The average molecular weight is 411 g/mol. The second-order valence-corrected chi connectivity index (χ2v) is 8.28. The Kier molecular flexibility index (Phi) is 4.93. The lowest BCUT2D eigenvalue weighted by Crippen LogP contribution is -3.14. The molecule has 2 aliphatic rings. The molecule has 2 fully saturated rings. The second-order valence-electron chi connectivity index (χ2n) is 7.92. The molecule has 1 aromatic heterocycles. The Bertz CT molecular complexity index is 1050. The van der Waals surface area contributed by atoms with Gasteiger partial charge >= 0.3 is 0 Å². The molecule has 1 aliphatic heterocycles. The standard InChI is InChI=1S/C22H24FN5S/c23-20-9-5-4-8-19(20)21-24-27(22(29)28(21)18-10-11-18)16-25-12-14-26(15-13-25)17-6-2-1-3-7-17/h1-9,18H,10-16H2/p+1. The Morgan fingerprint density at radius 1 is 1.00 bits per heavy atom. The smallest absolute Gasteiger partial charge is 0.203 e. The lowest BCUT2D eigenvalue weighted by Gasteiger charge is -2.33. The summed E-state index contributed by atoms with van der Waals surface area (Å²) in [7, 11) is 0. The summed E-state index contributed by atoms with van der Waals surface area (Å²) in [5.74, 6) is 0.420. The predicted molar refractivity (Wildman–Crippen MR) is 114 cm³/mol. The van der Waals surface area contributed by atoms with Crippen LogP contribution in [0.25, 0.3) is 11.4 Å². The van der Waals surface area contributed by atoms with Gasteiger partial charge in [0.15, 0.2) is 12.5 Å². The molecule has 0 spiro atoms. The van der Waals surface area contributed by atoms with Crippen LogP contribution in [-0.2, 0) is 6.67 Å². The Morgan fingerprint density at radius 2 is 1.69 bits per heavy atom. The summed E-state index contributed by atoms with van der Waals surface area (Å²) in [6.07, 6.45) is 2.17. The summed E-state index contributed by atoms with van der Waals surface area (Å²) in [4.78, 5) is 3.88. The van der Waals surface area contributed by atoms with E-state index in [9.17, 15) is 4.39 Å². The first-order valence-electron chi connectivity index (χ1n) is 10.3. The molecule has 1 saturated heterocycles. The zero-order valence-corrected chi connectivity index (χ0v) is 17.1. The van der Waals surface area contributed by atoms with Gasteiger partial charge in [-0.15, -0.1) is 5.10 Å². The molecule has 1 aliphatic carbocycles. The van der Waals surface area contributed by atoms with Crippen LogP contribution in [-0.4, -0.2) is 40.5 Å². The normalized spacial score (nSPS) is 17.6. The highest BCUT2D eigenvalue weighted by atomic mass is 32.1. The summed E-state index contributed by atoms with van der Waals surface area (Å²) < 4.78 is 19.1. The molecule has 0 amide bonds. The van der Waals surface area contributed by atoms with Gasteiger partial charge in [-0.25, -0.2) is 4.39 Å². The van der Waals surface area contributed by atoms with Gasteiger partial charge in [-0.05, 0) is 49.3 Å². The van der Waals surface area contributed by atoms with E-state index >= 15 is 0 Å². The van der Waals surface area contributed by atoms with Crippen molar-refractivity contribution in [1.82, 2.24) is 14.3 Å². The predicted octanol–water partition coefficient (Wildman–Crippen LogP) is 2.92. The van der Waals surface area contributed by atoms with E-state index < -0.39 is 0 Å². The molecule has 7 heteroatoms. The third kappa shape index (κ3) is 3.72. The first-order valence-corrected chi connectivity index (χ1v) is 10.7. The van der Waals surface area contributed by atoms with Crippen LogP contribution < -0.4 is 9.80 Å².